The maximum Gasteiger partial charge on any atom is 0.315 e. The molecule has 1 aliphatic heterocycles. The van der Waals surface area contributed by atoms with Crippen molar-refractivity contribution in [3.8, 4) is 5.75 Å². The summed E-state index contributed by atoms with van der Waals surface area (Å²) in [5.41, 5.74) is 0.671. The van der Waals surface area contributed by atoms with Crippen LogP contribution in [0.1, 0.15) is 44.2 Å². The number of aromatic nitrogens is 1. The van der Waals surface area contributed by atoms with Gasteiger partial charge in [-0.1, -0.05) is 19.3 Å². The molecule has 2 amide bonds. The number of carbonyl (C=O) groups excluding carboxylic acids is 1. The number of rotatable bonds is 4. The SMILES string of the molecule is COc1ccc(CNC(=O)NC2CCOC23CCCCC3)nc1. The number of hydrogen-bond donors (Lipinski definition) is 2. The first-order chi connectivity index (χ1) is 11.2. The first kappa shape index (κ1) is 16.1. The van der Waals surface area contributed by atoms with E-state index in [2.05, 4.69) is 15.6 Å². The molecular weight excluding hydrogens is 294 g/mol. The number of carbonyl (C=O) groups is 1. The number of urea groups is 1. The third kappa shape index (κ3) is 3.75. The minimum absolute atomic E-state index is 0.117. The van der Waals surface area contributed by atoms with E-state index in [0.717, 1.165) is 31.6 Å². The minimum atomic E-state index is -0.150. The lowest BCUT2D eigenvalue weighted by molar-refractivity contribution is -0.0367. The number of amides is 2. The van der Waals surface area contributed by atoms with Gasteiger partial charge < -0.3 is 20.1 Å². The molecule has 0 aromatic carbocycles. The van der Waals surface area contributed by atoms with Gasteiger partial charge in [0.25, 0.3) is 0 Å². The maximum atomic E-state index is 12.2. The van der Waals surface area contributed by atoms with Gasteiger partial charge in [0.05, 0.1) is 37.2 Å². The lowest BCUT2D eigenvalue weighted by Crippen LogP contribution is -2.53. The molecule has 2 fully saturated rings. The lowest BCUT2D eigenvalue weighted by Gasteiger charge is -2.37. The number of pyridine rings is 1. The topological polar surface area (TPSA) is 72.5 Å². The van der Waals surface area contributed by atoms with E-state index in [1.807, 2.05) is 12.1 Å². The molecule has 6 heteroatoms. The standard InChI is InChI=1S/C17H25N3O3/c1-22-14-6-5-13(18-12-14)11-19-16(21)20-15-7-10-23-17(15)8-3-2-4-9-17/h5-6,12,15H,2-4,7-11H2,1H3,(H2,19,20,21). The van der Waals surface area contributed by atoms with Gasteiger partial charge in [0.2, 0.25) is 0 Å². The highest BCUT2D eigenvalue weighted by Crippen LogP contribution is 2.39. The highest BCUT2D eigenvalue weighted by Gasteiger charge is 2.45. The molecule has 1 saturated carbocycles. The largest absolute Gasteiger partial charge is 0.495 e. The van der Waals surface area contributed by atoms with Crippen molar-refractivity contribution in [1.29, 1.82) is 0 Å². The van der Waals surface area contributed by atoms with Gasteiger partial charge in [-0.05, 0) is 31.4 Å². The molecule has 0 bridgehead atoms. The molecule has 1 saturated heterocycles. The third-order valence-electron chi connectivity index (χ3n) is 4.90. The van der Waals surface area contributed by atoms with Crippen molar-refractivity contribution in [2.24, 2.45) is 0 Å². The van der Waals surface area contributed by atoms with Crippen LogP contribution in [0.2, 0.25) is 0 Å². The van der Waals surface area contributed by atoms with Gasteiger partial charge in [-0.3, -0.25) is 4.98 Å². The Bertz CT molecular complexity index is 526. The smallest absolute Gasteiger partial charge is 0.315 e. The van der Waals surface area contributed by atoms with E-state index in [4.69, 9.17) is 9.47 Å². The fourth-order valence-electron chi connectivity index (χ4n) is 3.61. The number of nitrogens with one attached hydrogen (secondary N) is 2. The Morgan fingerprint density at radius 3 is 2.91 bits per heavy atom. The zero-order valence-electron chi connectivity index (χ0n) is 13.6. The fourth-order valence-corrected chi connectivity index (χ4v) is 3.61. The quantitative estimate of drug-likeness (QED) is 0.894. The monoisotopic (exact) mass is 319 g/mol. The van der Waals surface area contributed by atoms with E-state index >= 15 is 0 Å². The van der Waals surface area contributed by atoms with E-state index in [1.165, 1.54) is 19.3 Å². The Kier molecular flexibility index (Phi) is 5.00. The second kappa shape index (κ2) is 7.17. The van der Waals surface area contributed by atoms with Crippen LogP contribution in [-0.2, 0) is 11.3 Å². The van der Waals surface area contributed by atoms with E-state index < -0.39 is 0 Å². The van der Waals surface area contributed by atoms with Crippen molar-refractivity contribution in [2.75, 3.05) is 13.7 Å². The van der Waals surface area contributed by atoms with Crippen molar-refractivity contribution in [2.45, 2.75) is 56.7 Å². The Morgan fingerprint density at radius 2 is 2.22 bits per heavy atom. The summed E-state index contributed by atoms with van der Waals surface area (Å²) in [6.45, 7) is 1.14. The Balaban J connectivity index is 1.50. The number of methoxy groups -OCH3 is 1. The van der Waals surface area contributed by atoms with Gasteiger partial charge in [0.1, 0.15) is 5.75 Å². The van der Waals surface area contributed by atoms with Gasteiger partial charge in [0, 0.05) is 6.61 Å². The Hall–Kier alpha value is -1.82. The van der Waals surface area contributed by atoms with Crippen LogP contribution in [0.5, 0.6) is 5.75 Å². The van der Waals surface area contributed by atoms with Crippen molar-refractivity contribution in [3.63, 3.8) is 0 Å². The van der Waals surface area contributed by atoms with Crippen LogP contribution in [-0.4, -0.2) is 36.4 Å². The zero-order chi connectivity index (χ0) is 16.1. The van der Waals surface area contributed by atoms with E-state index in [9.17, 15) is 4.79 Å². The molecule has 1 aromatic rings. The molecule has 2 heterocycles. The highest BCUT2D eigenvalue weighted by atomic mass is 16.5. The Morgan fingerprint density at radius 1 is 1.39 bits per heavy atom. The number of hydrogen-bond acceptors (Lipinski definition) is 4. The van der Waals surface area contributed by atoms with E-state index in [0.29, 0.717) is 12.3 Å². The second-order valence-corrected chi connectivity index (χ2v) is 6.33. The summed E-state index contributed by atoms with van der Waals surface area (Å²) in [7, 11) is 1.60. The van der Waals surface area contributed by atoms with Crippen LogP contribution >= 0.6 is 0 Å². The molecule has 6 nitrogen and oxygen atoms in total. The van der Waals surface area contributed by atoms with Crippen LogP contribution < -0.4 is 15.4 Å². The first-order valence-corrected chi connectivity index (χ1v) is 8.39. The first-order valence-electron chi connectivity index (χ1n) is 8.39. The molecule has 0 radical (unpaired) electrons. The summed E-state index contributed by atoms with van der Waals surface area (Å²) < 4.78 is 11.1. The van der Waals surface area contributed by atoms with E-state index in [-0.39, 0.29) is 17.7 Å². The average Bonchev–Trinajstić information content (AvgIpc) is 2.96. The molecule has 1 aromatic heterocycles. The second-order valence-electron chi connectivity index (χ2n) is 6.33. The summed E-state index contributed by atoms with van der Waals surface area (Å²) in [6.07, 6.45) is 8.30. The van der Waals surface area contributed by atoms with Gasteiger partial charge in [0.15, 0.2) is 0 Å². The molecule has 1 spiro atoms. The summed E-state index contributed by atoms with van der Waals surface area (Å²) in [6, 6.07) is 3.65. The summed E-state index contributed by atoms with van der Waals surface area (Å²) in [5, 5.41) is 5.98. The van der Waals surface area contributed by atoms with Crippen molar-refractivity contribution < 1.29 is 14.3 Å². The molecule has 23 heavy (non-hydrogen) atoms. The normalized spacial score (nSPS) is 22.7. The fraction of sp³-hybridized carbons (Fsp3) is 0.647. The highest BCUT2D eigenvalue weighted by molar-refractivity contribution is 5.74. The maximum absolute atomic E-state index is 12.2. The van der Waals surface area contributed by atoms with Gasteiger partial charge in [-0.25, -0.2) is 4.79 Å². The van der Waals surface area contributed by atoms with Gasteiger partial charge >= 0.3 is 6.03 Å². The van der Waals surface area contributed by atoms with E-state index in [1.54, 1.807) is 13.3 Å². The molecular formula is C17H25N3O3. The van der Waals surface area contributed by atoms with Crippen LogP contribution in [0.25, 0.3) is 0 Å². The molecule has 2 aliphatic rings. The molecule has 1 aliphatic carbocycles. The summed E-state index contributed by atoms with van der Waals surface area (Å²) in [5.74, 6) is 0.709. The van der Waals surface area contributed by atoms with Crippen molar-refractivity contribution in [3.05, 3.63) is 24.0 Å². The molecule has 126 valence electrons. The van der Waals surface area contributed by atoms with Crippen molar-refractivity contribution >= 4 is 6.03 Å². The van der Waals surface area contributed by atoms with Gasteiger partial charge in [-0.15, -0.1) is 0 Å². The molecule has 2 N–H and O–H groups in total. The molecule has 3 rings (SSSR count). The summed E-state index contributed by atoms with van der Waals surface area (Å²) in [4.78, 5) is 16.4. The molecule has 1 unspecified atom stereocenters. The van der Waals surface area contributed by atoms with Gasteiger partial charge in [-0.2, -0.15) is 0 Å². The number of nitrogens with zero attached hydrogens (tertiary/aromatic N) is 1. The lowest BCUT2D eigenvalue weighted by atomic mass is 9.80. The number of ether oxygens (including phenoxy) is 2. The van der Waals surface area contributed by atoms with Crippen LogP contribution in [0.15, 0.2) is 18.3 Å². The minimum Gasteiger partial charge on any atom is -0.495 e. The van der Waals surface area contributed by atoms with Crippen LogP contribution in [0.4, 0.5) is 4.79 Å². The average molecular weight is 319 g/mol. The molecule has 1 atom stereocenters. The third-order valence-corrected chi connectivity index (χ3v) is 4.90. The van der Waals surface area contributed by atoms with Crippen LogP contribution in [0, 0.1) is 0 Å². The predicted octanol–water partition coefficient (Wildman–Crippen LogP) is 2.38. The van der Waals surface area contributed by atoms with Crippen molar-refractivity contribution in [1.82, 2.24) is 15.6 Å². The van der Waals surface area contributed by atoms with Crippen LogP contribution in [0.3, 0.4) is 0 Å². The zero-order valence-corrected chi connectivity index (χ0v) is 13.6. The predicted molar refractivity (Wildman–Crippen MR) is 86.3 cm³/mol. The summed E-state index contributed by atoms with van der Waals surface area (Å²) >= 11 is 0. The Labute approximate surface area is 137 Å².